The first-order valence-corrected chi connectivity index (χ1v) is 8.50. The first-order valence-electron chi connectivity index (χ1n) is 8.50. The summed E-state index contributed by atoms with van der Waals surface area (Å²) in [6.07, 6.45) is -4.79. The summed E-state index contributed by atoms with van der Waals surface area (Å²) in [7, 11) is 0. The number of likely N-dealkylation sites (N-methyl/N-ethyl adjacent to an activating group) is 1. The molecule has 0 saturated carbocycles. The monoisotopic (exact) mass is 390 g/mol. The molecule has 3 rings (SSSR count). The Morgan fingerprint density at radius 2 is 1.57 bits per heavy atom. The van der Waals surface area contributed by atoms with Gasteiger partial charge in [0.2, 0.25) is 0 Å². The van der Waals surface area contributed by atoms with E-state index in [1.807, 2.05) is 19.1 Å². The minimum absolute atomic E-state index is 0.0835. The van der Waals surface area contributed by atoms with Crippen molar-refractivity contribution in [3.05, 3.63) is 65.4 Å². The summed E-state index contributed by atoms with van der Waals surface area (Å²) < 4.78 is 40.7. The van der Waals surface area contributed by atoms with Crippen LogP contribution in [0.2, 0.25) is 0 Å². The lowest BCUT2D eigenvalue weighted by molar-refractivity contribution is -0.274. The summed E-state index contributed by atoms with van der Waals surface area (Å²) in [6, 6.07) is 12.1. The average molecular weight is 390 g/mol. The minimum Gasteiger partial charge on any atom is -0.406 e. The molecule has 2 aromatic rings. The third-order valence-corrected chi connectivity index (χ3v) is 4.18. The molecular weight excluding hydrogens is 373 g/mol. The van der Waals surface area contributed by atoms with Gasteiger partial charge in [0.15, 0.2) is 0 Å². The number of carbonyl (C=O) groups excluding carboxylic acids is 2. The molecule has 0 saturated heterocycles. The van der Waals surface area contributed by atoms with E-state index in [0.717, 1.165) is 22.6 Å². The van der Waals surface area contributed by atoms with Gasteiger partial charge in [0.25, 0.3) is 11.8 Å². The number of aryl methyl sites for hydroxylation is 1. The molecule has 1 N–H and O–H groups in total. The molecule has 1 heterocycles. The van der Waals surface area contributed by atoms with Crippen molar-refractivity contribution in [3.63, 3.8) is 0 Å². The maximum atomic E-state index is 12.7. The van der Waals surface area contributed by atoms with Crippen molar-refractivity contribution in [2.75, 3.05) is 11.9 Å². The third kappa shape index (κ3) is 4.00. The van der Waals surface area contributed by atoms with Gasteiger partial charge in [-0.05, 0) is 43.7 Å². The standard InChI is InChI=1S/C20H17F3N2O3/c1-3-25-18(26)16(13-6-4-12(2)5-7-13)17(19(25)27)24-14-8-10-15(11-9-14)28-20(21,22)23/h4-11,24H,3H2,1-2H3. The summed E-state index contributed by atoms with van der Waals surface area (Å²) in [6.45, 7) is 3.80. The number of anilines is 1. The molecule has 0 atom stereocenters. The second-order valence-corrected chi connectivity index (χ2v) is 6.17. The van der Waals surface area contributed by atoms with Crippen LogP contribution in [-0.2, 0) is 9.59 Å². The van der Waals surface area contributed by atoms with Gasteiger partial charge in [0.05, 0.1) is 5.57 Å². The van der Waals surface area contributed by atoms with Crippen molar-refractivity contribution in [1.29, 1.82) is 0 Å². The second-order valence-electron chi connectivity index (χ2n) is 6.17. The number of halogens is 3. The van der Waals surface area contributed by atoms with Crippen LogP contribution < -0.4 is 10.1 Å². The van der Waals surface area contributed by atoms with Crippen molar-refractivity contribution >= 4 is 23.1 Å². The lowest BCUT2D eigenvalue weighted by Gasteiger charge is -2.12. The van der Waals surface area contributed by atoms with E-state index in [1.54, 1.807) is 19.1 Å². The molecule has 146 valence electrons. The van der Waals surface area contributed by atoms with Gasteiger partial charge in [0.1, 0.15) is 11.4 Å². The number of benzene rings is 2. The Bertz CT molecular complexity index is 933. The Morgan fingerprint density at radius 1 is 0.964 bits per heavy atom. The van der Waals surface area contributed by atoms with Gasteiger partial charge in [-0.25, -0.2) is 0 Å². The fraction of sp³-hybridized carbons (Fsp3) is 0.200. The Kier molecular flexibility index (Phi) is 5.13. The molecular formula is C20H17F3N2O3. The summed E-state index contributed by atoms with van der Waals surface area (Å²) in [5, 5.41) is 2.87. The number of carbonyl (C=O) groups is 2. The highest BCUT2D eigenvalue weighted by atomic mass is 19.4. The molecule has 1 aliphatic heterocycles. The van der Waals surface area contributed by atoms with Gasteiger partial charge in [-0.1, -0.05) is 29.8 Å². The third-order valence-electron chi connectivity index (χ3n) is 4.18. The summed E-state index contributed by atoms with van der Waals surface area (Å²) in [5.74, 6) is -1.29. The van der Waals surface area contributed by atoms with E-state index in [1.165, 1.54) is 12.1 Å². The molecule has 1 aliphatic rings. The highest BCUT2D eigenvalue weighted by Gasteiger charge is 2.38. The topological polar surface area (TPSA) is 58.6 Å². The highest BCUT2D eigenvalue weighted by molar-refractivity contribution is 6.36. The van der Waals surface area contributed by atoms with E-state index in [0.29, 0.717) is 11.3 Å². The van der Waals surface area contributed by atoms with Crippen LogP contribution in [0.5, 0.6) is 5.75 Å². The molecule has 0 aliphatic carbocycles. The Balaban J connectivity index is 1.95. The number of hydrogen-bond donors (Lipinski definition) is 1. The zero-order valence-electron chi connectivity index (χ0n) is 15.1. The number of rotatable bonds is 5. The zero-order chi connectivity index (χ0) is 20.5. The van der Waals surface area contributed by atoms with Gasteiger partial charge in [-0.3, -0.25) is 14.5 Å². The van der Waals surface area contributed by atoms with Crippen molar-refractivity contribution < 1.29 is 27.5 Å². The highest BCUT2D eigenvalue weighted by Crippen LogP contribution is 2.31. The van der Waals surface area contributed by atoms with Crippen LogP contribution in [0.25, 0.3) is 5.57 Å². The molecule has 2 aromatic carbocycles. The first kappa shape index (κ1) is 19.5. The first-order chi connectivity index (χ1) is 13.2. The number of nitrogens with zero attached hydrogens (tertiary/aromatic N) is 1. The summed E-state index contributed by atoms with van der Waals surface area (Å²) >= 11 is 0. The van der Waals surface area contributed by atoms with Crippen LogP contribution in [0.3, 0.4) is 0 Å². The molecule has 0 fully saturated rings. The van der Waals surface area contributed by atoms with Crippen LogP contribution in [0.1, 0.15) is 18.1 Å². The largest absolute Gasteiger partial charge is 0.573 e. The number of imide groups is 1. The van der Waals surface area contributed by atoms with E-state index in [2.05, 4.69) is 10.1 Å². The molecule has 28 heavy (non-hydrogen) atoms. The van der Waals surface area contributed by atoms with Crippen molar-refractivity contribution in [1.82, 2.24) is 4.90 Å². The summed E-state index contributed by atoms with van der Waals surface area (Å²) in [5.41, 5.74) is 2.25. The van der Waals surface area contributed by atoms with E-state index in [4.69, 9.17) is 0 Å². The normalized spacial score (nSPS) is 14.7. The SMILES string of the molecule is CCN1C(=O)C(Nc2ccc(OC(F)(F)F)cc2)=C(c2ccc(C)cc2)C1=O. The molecule has 0 bridgehead atoms. The molecule has 8 heteroatoms. The number of amides is 2. The van der Waals surface area contributed by atoms with Crippen LogP contribution in [-0.4, -0.2) is 29.6 Å². The number of nitrogens with one attached hydrogen (secondary N) is 1. The predicted octanol–water partition coefficient (Wildman–Crippen LogP) is 4.11. The van der Waals surface area contributed by atoms with Gasteiger partial charge < -0.3 is 10.1 Å². The summed E-state index contributed by atoms with van der Waals surface area (Å²) in [4.78, 5) is 26.5. The van der Waals surface area contributed by atoms with Gasteiger partial charge in [-0.15, -0.1) is 13.2 Å². The van der Waals surface area contributed by atoms with Gasteiger partial charge in [0, 0.05) is 12.2 Å². The van der Waals surface area contributed by atoms with E-state index in [-0.39, 0.29) is 23.6 Å². The molecule has 2 amide bonds. The predicted molar refractivity (Wildman–Crippen MR) is 97.2 cm³/mol. The second kappa shape index (κ2) is 7.38. The molecule has 0 radical (unpaired) electrons. The van der Waals surface area contributed by atoms with Crippen LogP contribution in [0, 0.1) is 6.92 Å². The molecule has 5 nitrogen and oxygen atoms in total. The maximum Gasteiger partial charge on any atom is 0.573 e. The van der Waals surface area contributed by atoms with E-state index >= 15 is 0 Å². The Morgan fingerprint density at radius 3 is 2.11 bits per heavy atom. The lowest BCUT2D eigenvalue weighted by atomic mass is 10.0. The van der Waals surface area contributed by atoms with Crippen LogP contribution in [0.15, 0.2) is 54.2 Å². The Labute approximate surface area is 159 Å². The fourth-order valence-corrected chi connectivity index (χ4v) is 2.85. The molecule has 0 spiro atoms. The minimum atomic E-state index is -4.79. The maximum absolute atomic E-state index is 12.7. The Hall–Kier alpha value is -3.29. The number of alkyl halides is 3. The quantitative estimate of drug-likeness (QED) is 0.781. The van der Waals surface area contributed by atoms with Crippen molar-refractivity contribution in [3.8, 4) is 5.75 Å². The number of ether oxygens (including phenoxy) is 1. The lowest BCUT2D eigenvalue weighted by Crippen LogP contribution is -2.32. The number of hydrogen-bond acceptors (Lipinski definition) is 4. The van der Waals surface area contributed by atoms with Gasteiger partial charge in [-0.2, -0.15) is 0 Å². The van der Waals surface area contributed by atoms with Crippen molar-refractivity contribution in [2.24, 2.45) is 0 Å². The fourth-order valence-electron chi connectivity index (χ4n) is 2.85. The molecule has 0 aromatic heterocycles. The van der Waals surface area contributed by atoms with E-state index in [9.17, 15) is 22.8 Å². The van der Waals surface area contributed by atoms with Crippen LogP contribution in [0.4, 0.5) is 18.9 Å². The smallest absolute Gasteiger partial charge is 0.406 e. The van der Waals surface area contributed by atoms with Crippen LogP contribution >= 0.6 is 0 Å². The zero-order valence-corrected chi connectivity index (χ0v) is 15.1. The van der Waals surface area contributed by atoms with Crippen molar-refractivity contribution in [2.45, 2.75) is 20.2 Å². The average Bonchev–Trinajstić information content (AvgIpc) is 2.86. The molecule has 0 unspecified atom stereocenters. The van der Waals surface area contributed by atoms with Gasteiger partial charge >= 0.3 is 6.36 Å². The van der Waals surface area contributed by atoms with E-state index < -0.39 is 18.2 Å².